The van der Waals surface area contributed by atoms with E-state index in [1.165, 1.54) is 31.5 Å². The van der Waals surface area contributed by atoms with Crippen molar-refractivity contribution in [2.24, 2.45) is 0 Å². The van der Waals surface area contributed by atoms with Crippen LogP contribution in [-0.4, -0.2) is 47.8 Å². The number of hydrogen-bond donors (Lipinski definition) is 1. The number of halogens is 1. The molecule has 0 spiro atoms. The Morgan fingerprint density at radius 3 is 2.44 bits per heavy atom. The van der Waals surface area contributed by atoms with Gasteiger partial charge in [-0.3, -0.25) is 9.36 Å². The van der Waals surface area contributed by atoms with Crippen LogP contribution in [0.25, 0.3) is 16.8 Å². The first-order valence-electron chi connectivity index (χ1n) is 10.9. The number of hydrogen-bond acceptors (Lipinski definition) is 5. The number of nitrogens with one attached hydrogen (secondary N) is 1. The van der Waals surface area contributed by atoms with Gasteiger partial charge in [0.2, 0.25) is 0 Å². The van der Waals surface area contributed by atoms with Crippen molar-refractivity contribution >= 4 is 18.1 Å². The Labute approximate surface area is 194 Å². The van der Waals surface area contributed by atoms with Gasteiger partial charge in [-0.15, -0.1) is 12.4 Å². The average Bonchev–Trinajstić information content (AvgIpc) is 3.46. The third kappa shape index (κ3) is 4.67. The molecule has 1 saturated heterocycles. The summed E-state index contributed by atoms with van der Waals surface area (Å²) in [4.78, 5) is 15.4. The maximum Gasteiger partial charge on any atom is 0.255 e. The van der Waals surface area contributed by atoms with Gasteiger partial charge in [-0.05, 0) is 79.0 Å². The first kappa shape index (κ1) is 22.4. The summed E-state index contributed by atoms with van der Waals surface area (Å²) in [5.41, 5.74) is 8.62. The molecule has 0 radical (unpaired) electrons. The van der Waals surface area contributed by atoms with E-state index in [1.54, 1.807) is 17.7 Å². The molecule has 6 nitrogen and oxygen atoms in total. The molecule has 1 N–H and O–H groups in total. The zero-order chi connectivity index (χ0) is 21.2. The standard InChI is InChI=1S/C25H28N4O2.ClH/c1-31-23-7-4-19(5-8-23)20-10-13-29(25(30)17-20)22-6-9-24-21(16-22)18-28(26-24)15-14-27-11-2-3-12-27;/h4-10,13,16-17,26H,2-3,11-12,14-15,18H2,1H3;1H. The Morgan fingerprint density at radius 1 is 0.938 bits per heavy atom. The molecule has 1 aromatic heterocycles. The minimum Gasteiger partial charge on any atom is -0.497 e. The van der Waals surface area contributed by atoms with Crippen molar-refractivity contribution < 1.29 is 4.74 Å². The van der Waals surface area contributed by atoms with E-state index in [4.69, 9.17) is 4.74 Å². The van der Waals surface area contributed by atoms with Gasteiger partial charge in [0.05, 0.1) is 12.8 Å². The lowest BCUT2D eigenvalue weighted by Crippen LogP contribution is -2.33. The summed E-state index contributed by atoms with van der Waals surface area (Å²) < 4.78 is 6.92. The summed E-state index contributed by atoms with van der Waals surface area (Å²) in [5, 5.41) is 2.27. The van der Waals surface area contributed by atoms with Gasteiger partial charge in [0.25, 0.3) is 5.56 Å². The van der Waals surface area contributed by atoms with E-state index in [9.17, 15) is 4.79 Å². The SMILES string of the molecule is COc1ccc(-c2ccn(-c3ccc4c(c3)CN(CCN3CCCC3)N4)c(=O)c2)cc1.Cl. The molecule has 3 aromatic rings. The van der Waals surface area contributed by atoms with Crippen molar-refractivity contribution in [1.29, 1.82) is 0 Å². The van der Waals surface area contributed by atoms with Crippen LogP contribution in [0.3, 0.4) is 0 Å². The molecule has 1 fully saturated rings. The topological polar surface area (TPSA) is 49.7 Å². The molecule has 3 heterocycles. The van der Waals surface area contributed by atoms with Crippen LogP contribution < -0.4 is 15.7 Å². The van der Waals surface area contributed by atoms with E-state index in [2.05, 4.69) is 27.5 Å². The Morgan fingerprint density at radius 2 is 1.72 bits per heavy atom. The van der Waals surface area contributed by atoms with Crippen molar-refractivity contribution in [1.82, 2.24) is 14.5 Å². The van der Waals surface area contributed by atoms with Crippen molar-refractivity contribution in [3.8, 4) is 22.6 Å². The van der Waals surface area contributed by atoms with E-state index in [0.717, 1.165) is 47.9 Å². The molecule has 32 heavy (non-hydrogen) atoms. The van der Waals surface area contributed by atoms with Crippen LogP contribution in [0.2, 0.25) is 0 Å². The van der Waals surface area contributed by atoms with Crippen molar-refractivity contribution in [2.75, 3.05) is 38.7 Å². The first-order chi connectivity index (χ1) is 15.2. The van der Waals surface area contributed by atoms with E-state index in [0.29, 0.717) is 0 Å². The summed E-state index contributed by atoms with van der Waals surface area (Å²) in [6.45, 7) is 5.40. The fourth-order valence-electron chi connectivity index (χ4n) is 4.44. The Hall–Kier alpha value is -2.80. The number of aromatic nitrogens is 1. The van der Waals surface area contributed by atoms with Gasteiger partial charge in [-0.2, -0.15) is 0 Å². The lowest BCUT2D eigenvalue weighted by atomic mass is 10.1. The average molecular weight is 453 g/mol. The fraction of sp³-hybridized carbons (Fsp3) is 0.320. The van der Waals surface area contributed by atoms with Crippen LogP contribution in [0.1, 0.15) is 18.4 Å². The highest BCUT2D eigenvalue weighted by Gasteiger charge is 2.20. The van der Waals surface area contributed by atoms with Crippen LogP contribution in [0.5, 0.6) is 5.75 Å². The molecule has 7 heteroatoms. The molecular weight excluding hydrogens is 424 g/mol. The maximum atomic E-state index is 12.9. The number of benzene rings is 2. The molecule has 0 unspecified atom stereocenters. The molecule has 0 atom stereocenters. The number of ether oxygens (including phenoxy) is 1. The van der Waals surface area contributed by atoms with Gasteiger partial charge in [-0.1, -0.05) is 12.1 Å². The lowest BCUT2D eigenvalue weighted by molar-refractivity contribution is 0.259. The molecule has 2 aromatic carbocycles. The minimum atomic E-state index is -0.0369. The summed E-state index contributed by atoms with van der Waals surface area (Å²) >= 11 is 0. The number of likely N-dealkylation sites (tertiary alicyclic amines) is 1. The predicted octanol–water partition coefficient (Wildman–Crippen LogP) is 4.17. The second-order valence-corrected chi connectivity index (χ2v) is 8.28. The molecule has 5 rings (SSSR count). The largest absolute Gasteiger partial charge is 0.497 e. The quantitative estimate of drug-likeness (QED) is 0.608. The zero-order valence-electron chi connectivity index (χ0n) is 18.3. The van der Waals surface area contributed by atoms with Crippen LogP contribution in [0.15, 0.2) is 65.6 Å². The van der Waals surface area contributed by atoms with E-state index < -0.39 is 0 Å². The van der Waals surface area contributed by atoms with E-state index in [1.807, 2.05) is 42.6 Å². The van der Waals surface area contributed by atoms with Gasteiger partial charge < -0.3 is 15.1 Å². The highest BCUT2D eigenvalue weighted by molar-refractivity contribution is 5.85. The highest BCUT2D eigenvalue weighted by atomic mass is 35.5. The second-order valence-electron chi connectivity index (χ2n) is 8.28. The van der Waals surface area contributed by atoms with Crippen molar-refractivity contribution in [3.05, 3.63) is 76.7 Å². The normalized spacial score (nSPS) is 15.8. The van der Waals surface area contributed by atoms with Gasteiger partial charge in [-0.25, -0.2) is 5.01 Å². The minimum absolute atomic E-state index is 0. The fourth-order valence-corrected chi connectivity index (χ4v) is 4.44. The molecule has 168 valence electrons. The van der Waals surface area contributed by atoms with Crippen LogP contribution in [0, 0.1) is 0 Å². The third-order valence-corrected chi connectivity index (χ3v) is 6.23. The van der Waals surface area contributed by atoms with Gasteiger partial charge in [0.1, 0.15) is 5.75 Å². The van der Waals surface area contributed by atoms with Crippen molar-refractivity contribution in [3.63, 3.8) is 0 Å². The summed E-state index contributed by atoms with van der Waals surface area (Å²) in [6, 6.07) is 17.6. The number of nitrogens with zero attached hydrogens (tertiary/aromatic N) is 3. The van der Waals surface area contributed by atoms with Crippen molar-refractivity contribution in [2.45, 2.75) is 19.4 Å². The molecule has 2 aliphatic rings. The number of fused-ring (bicyclic) bond motifs is 1. The van der Waals surface area contributed by atoms with E-state index >= 15 is 0 Å². The van der Waals surface area contributed by atoms with Gasteiger partial charge in [0.15, 0.2) is 0 Å². The van der Waals surface area contributed by atoms with Crippen LogP contribution >= 0.6 is 12.4 Å². The Balaban J connectivity index is 0.00000245. The predicted molar refractivity (Wildman–Crippen MR) is 131 cm³/mol. The number of hydrazine groups is 1. The number of rotatable bonds is 6. The van der Waals surface area contributed by atoms with Crippen LogP contribution in [-0.2, 0) is 6.54 Å². The maximum absolute atomic E-state index is 12.9. The summed E-state index contributed by atoms with van der Waals surface area (Å²) in [5.74, 6) is 0.804. The smallest absolute Gasteiger partial charge is 0.255 e. The number of methoxy groups -OCH3 is 1. The van der Waals surface area contributed by atoms with Gasteiger partial charge >= 0.3 is 0 Å². The highest BCUT2D eigenvalue weighted by Crippen LogP contribution is 2.27. The first-order valence-corrected chi connectivity index (χ1v) is 10.9. The molecule has 0 aliphatic carbocycles. The second kappa shape index (κ2) is 9.77. The molecule has 2 aliphatic heterocycles. The molecular formula is C25H29ClN4O2. The molecule has 0 bridgehead atoms. The number of pyridine rings is 1. The lowest BCUT2D eigenvalue weighted by Gasteiger charge is -2.20. The van der Waals surface area contributed by atoms with E-state index in [-0.39, 0.29) is 18.0 Å². The molecule has 0 amide bonds. The summed E-state index contributed by atoms with van der Waals surface area (Å²) in [6.07, 6.45) is 4.50. The van der Waals surface area contributed by atoms with Gasteiger partial charge in [0, 0.05) is 37.6 Å². The summed E-state index contributed by atoms with van der Waals surface area (Å²) in [7, 11) is 1.65. The zero-order valence-corrected chi connectivity index (χ0v) is 19.1. The monoisotopic (exact) mass is 452 g/mol. The van der Waals surface area contributed by atoms with Crippen LogP contribution in [0.4, 0.5) is 5.69 Å². The number of anilines is 1. The Bertz CT molecular complexity index is 1120. The Kier molecular flexibility index (Phi) is 6.84. The molecule has 0 saturated carbocycles. The third-order valence-electron chi connectivity index (χ3n) is 6.23.